The smallest absolute Gasteiger partial charge is 0.223 e. The van der Waals surface area contributed by atoms with Crippen molar-refractivity contribution in [3.8, 4) is 0 Å². The molecule has 7 heteroatoms. The number of para-hydroxylation sites is 1. The maximum absolute atomic E-state index is 11.6. The first-order chi connectivity index (χ1) is 11.1. The molecule has 1 aromatic carbocycles. The van der Waals surface area contributed by atoms with Crippen LogP contribution in [0.15, 0.2) is 35.3 Å². The number of nitrogens with one attached hydrogen (secondary N) is 2. The summed E-state index contributed by atoms with van der Waals surface area (Å²) in [6.07, 6.45) is 1.54. The van der Waals surface area contributed by atoms with Crippen LogP contribution < -0.4 is 15.5 Å². The highest BCUT2D eigenvalue weighted by atomic mass is 127. The Bertz CT molecular complexity index is 535. The van der Waals surface area contributed by atoms with Crippen LogP contribution >= 0.6 is 24.0 Å². The number of carbonyl (C=O) groups excluding carboxylic acids is 1. The fourth-order valence-electron chi connectivity index (χ4n) is 2.65. The van der Waals surface area contributed by atoms with Gasteiger partial charge in [-0.2, -0.15) is 0 Å². The lowest BCUT2D eigenvalue weighted by Gasteiger charge is -2.20. The van der Waals surface area contributed by atoms with Gasteiger partial charge in [-0.05, 0) is 18.6 Å². The molecule has 6 nitrogen and oxygen atoms in total. The lowest BCUT2D eigenvalue weighted by molar-refractivity contribution is -0.128. The van der Waals surface area contributed by atoms with Crippen molar-refractivity contribution in [2.45, 2.75) is 18.9 Å². The zero-order chi connectivity index (χ0) is 16.7. The van der Waals surface area contributed by atoms with Crippen LogP contribution in [0.2, 0.25) is 0 Å². The van der Waals surface area contributed by atoms with Crippen LogP contribution in [-0.2, 0) is 4.79 Å². The van der Waals surface area contributed by atoms with E-state index in [2.05, 4.69) is 44.8 Å². The third-order valence-corrected chi connectivity index (χ3v) is 4.00. The highest BCUT2D eigenvalue weighted by Gasteiger charge is 2.23. The van der Waals surface area contributed by atoms with E-state index in [1.165, 1.54) is 5.69 Å². The third kappa shape index (κ3) is 6.18. The van der Waals surface area contributed by atoms with Gasteiger partial charge in [-0.3, -0.25) is 9.79 Å². The molecule has 0 bridgehead atoms. The standard InChI is InChI=1S/C17H27N5O.HI/c1-18-17(19-11-9-16(23)21(2)3)20-14-10-12-22(13-14)15-7-5-4-6-8-15;/h4-8,14H,9-13H2,1-3H3,(H2,18,19,20);1H. The number of guanidine groups is 1. The number of rotatable bonds is 5. The highest BCUT2D eigenvalue weighted by Crippen LogP contribution is 2.19. The van der Waals surface area contributed by atoms with Gasteiger partial charge >= 0.3 is 0 Å². The molecular formula is C17H28IN5O. The maximum atomic E-state index is 11.6. The van der Waals surface area contributed by atoms with Gasteiger partial charge in [0.2, 0.25) is 5.91 Å². The normalized spacial score (nSPS) is 17.2. The first kappa shape index (κ1) is 20.5. The lowest BCUT2D eigenvalue weighted by Crippen LogP contribution is -2.45. The average molecular weight is 445 g/mol. The van der Waals surface area contributed by atoms with Crippen LogP contribution in [0.3, 0.4) is 0 Å². The molecule has 2 N–H and O–H groups in total. The second-order valence-corrected chi connectivity index (χ2v) is 5.95. The number of hydrogen-bond donors (Lipinski definition) is 2. The number of halogens is 1. The summed E-state index contributed by atoms with van der Waals surface area (Å²) in [4.78, 5) is 19.8. The summed E-state index contributed by atoms with van der Waals surface area (Å²) in [5, 5.41) is 6.65. The average Bonchev–Trinajstić information content (AvgIpc) is 3.03. The van der Waals surface area contributed by atoms with Gasteiger partial charge in [-0.25, -0.2) is 0 Å². The van der Waals surface area contributed by atoms with Gasteiger partial charge in [0.25, 0.3) is 0 Å². The predicted octanol–water partition coefficient (Wildman–Crippen LogP) is 1.53. The van der Waals surface area contributed by atoms with E-state index in [0.29, 0.717) is 19.0 Å². The van der Waals surface area contributed by atoms with Crippen molar-refractivity contribution in [3.63, 3.8) is 0 Å². The van der Waals surface area contributed by atoms with Crippen molar-refractivity contribution < 1.29 is 4.79 Å². The molecule has 1 atom stereocenters. The van der Waals surface area contributed by atoms with E-state index in [-0.39, 0.29) is 29.9 Å². The molecule has 1 aliphatic heterocycles. The molecule has 0 radical (unpaired) electrons. The Morgan fingerprint density at radius 3 is 2.67 bits per heavy atom. The van der Waals surface area contributed by atoms with E-state index < -0.39 is 0 Å². The summed E-state index contributed by atoms with van der Waals surface area (Å²) < 4.78 is 0. The Kier molecular flexibility index (Phi) is 8.88. The monoisotopic (exact) mass is 445 g/mol. The van der Waals surface area contributed by atoms with Crippen LogP contribution in [0.1, 0.15) is 12.8 Å². The molecule has 0 saturated carbocycles. The molecule has 1 fully saturated rings. The number of amides is 1. The molecule has 1 saturated heterocycles. The number of aliphatic imine (C=N–C) groups is 1. The fraction of sp³-hybridized carbons (Fsp3) is 0.529. The summed E-state index contributed by atoms with van der Waals surface area (Å²) in [6, 6.07) is 10.8. The Morgan fingerprint density at radius 2 is 2.04 bits per heavy atom. The Hall–Kier alpha value is -1.51. The number of benzene rings is 1. The SMILES string of the molecule is CN=C(NCCC(=O)N(C)C)NC1CCN(c2ccccc2)C1.I. The minimum Gasteiger partial charge on any atom is -0.369 e. The van der Waals surface area contributed by atoms with Crippen molar-refractivity contribution in [1.29, 1.82) is 0 Å². The molecule has 0 aromatic heterocycles. The largest absolute Gasteiger partial charge is 0.369 e. The fourth-order valence-corrected chi connectivity index (χ4v) is 2.65. The third-order valence-electron chi connectivity index (χ3n) is 4.00. The molecule has 134 valence electrons. The lowest BCUT2D eigenvalue weighted by atomic mass is 10.2. The summed E-state index contributed by atoms with van der Waals surface area (Å²) >= 11 is 0. The number of carbonyl (C=O) groups is 1. The van der Waals surface area contributed by atoms with E-state index >= 15 is 0 Å². The molecule has 2 rings (SSSR count). The van der Waals surface area contributed by atoms with Crippen molar-refractivity contribution >= 4 is 41.5 Å². The number of hydrogen-bond acceptors (Lipinski definition) is 3. The summed E-state index contributed by atoms with van der Waals surface area (Å²) in [5.41, 5.74) is 1.26. The predicted molar refractivity (Wildman–Crippen MR) is 110 cm³/mol. The van der Waals surface area contributed by atoms with Crippen LogP contribution in [0.5, 0.6) is 0 Å². The second kappa shape index (κ2) is 10.4. The molecule has 24 heavy (non-hydrogen) atoms. The minimum atomic E-state index is 0. The maximum Gasteiger partial charge on any atom is 0.223 e. The Labute approximate surface area is 161 Å². The first-order valence-corrected chi connectivity index (χ1v) is 8.07. The quantitative estimate of drug-likeness (QED) is 0.410. The van der Waals surface area contributed by atoms with E-state index in [1.807, 2.05) is 6.07 Å². The van der Waals surface area contributed by atoms with Crippen molar-refractivity contribution in [1.82, 2.24) is 15.5 Å². The Balaban J connectivity index is 0.00000288. The number of nitrogens with zero attached hydrogens (tertiary/aromatic N) is 3. The van der Waals surface area contributed by atoms with Gasteiger partial charge in [0.05, 0.1) is 0 Å². The van der Waals surface area contributed by atoms with Gasteiger partial charge < -0.3 is 20.4 Å². The molecule has 1 amide bonds. The molecule has 1 heterocycles. The molecule has 0 spiro atoms. The Morgan fingerprint density at radius 1 is 1.33 bits per heavy atom. The first-order valence-electron chi connectivity index (χ1n) is 8.07. The van der Waals surface area contributed by atoms with Crippen LogP contribution in [0.25, 0.3) is 0 Å². The topological polar surface area (TPSA) is 60.0 Å². The number of anilines is 1. The van der Waals surface area contributed by atoms with Gasteiger partial charge in [0, 0.05) is 58.9 Å². The van der Waals surface area contributed by atoms with E-state index in [9.17, 15) is 4.79 Å². The van der Waals surface area contributed by atoms with Gasteiger partial charge in [0.15, 0.2) is 5.96 Å². The molecule has 1 aliphatic rings. The van der Waals surface area contributed by atoms with E-state index in [4.69, 9.17) is 0 Å². The van der Waals surface area contributed by atoms with Crippen LogP contribution in [0, 0.1) is 0 Å². The highest BCUT2D eigenvalue weighted by molar-refractivity contribution is 14.0. The minimum absolute atomic E-state index is 0. The van der Waals surface area contributed by atoms with Crippen molar-refractivity contribution in [2.75, 3.05) is 45.7 Å². The van der Waals surface area contributed by atoms with E-state index in [1.54, 1.807) is 26.0 Å². The second-order valence-electron chi connectivity index (χ2n) is 5.95. The summed E-state index contributed by atoms with van der Waals surface area (Å²) in [5.74, 6) is 0.875. The van der Waals surface area contributed by atoms with Gasteiger partial charge in [-0.1, -0.05) is 18.2 Å². The molecule has 1 aromatic rings. The zero-order valence-electron chi connectivity index (χ0n) is 14.7. The molecule has 0 aliphatic carbocycles. The molecule has 1 unspecified atom stereocenters. The van der Waals surface area contributed by atoms with E-state index in [0.717, 1.165) is 25.5 Å². The summed E-state index contributed by atoms with van der Waals surface area (Å²) in [7, 11) is 5.30. The van der Waals surface area contributed by atoms with Crippen molar-refractivity contribution in [3.05, 3.63) is 30.3 Å². The zero-order valence-corrected chi connectivity index (χ0v) is 17.0. The summed E-state index contributed by atoms with van der Waals surface area (Å²) in [6.45, 7) is 2.59. The van der Waals surface area contributed by atoms with Gasteiger partial charge in [0.1, 0.15) is 0 Å². The van der Waals surface area contributed by atoms with Crippen LogP contribution in [-0.4, -0.2) is 63.6 Å². The van der Waals surface area contributed by atoms with Crippen LogP contribution in [0.4, 0.5) is 5.69 Å². The van der Waals surface area contributed by atoms with Gasteiger partial charge in [-0.15, -0.1) is 24.0 Å². The molecular weight excluding hydrogens is 417 g/mol. The van der Waals surface area contributed by atoms with Crippen molar-refractivity contribution in [2.24, 2.45) is 4.99 Å².